The van der Waals surface area contributed by atoms with E-state index in [0.29, 0.717) is 10.8 Å². The zero-order valence-corrected chi connectivity index (χ0v) is 8.21. The maximum Gasteiger partial charge on any atom is 0.316 e. The van der Waals surface area contributed by atoms with E-state index >= 15 is 0 Å². The average Bonchev–Trinajstić information content (AvgIpc) is 1.99. The third-order valence-corrected chi connectivity index (χ3v) is 2.89. The summed E-state index contributed by atoms with van der Waals surface area (Å²) in [6.45, 7) is 1.60. The summed E-state index contributed by atoms with van der Waals surface area (Å²) in [6.07, 6.45) is 0. The van der Waals surface area contributed by atoms with Crippen molar-refractivity contribution in [1.29, 1.82) is 0 Å². The summed E-state index contributed by atoms with van der Waals surface area (Å²) in [4.78, 5) is 10.3. The van der Waals surface area contributed by atoms with E-state index in [-0.39, 0.29) is 0 Å². The molecule has 0 aliphatic heterocycles. The van der Waals surface area contributed by atoms with Gasteiger partial charge >= 0.3 is 5.97 Å². The highest BCUT2D eigenvalue weighted by Gasteiger charge is 2.10. The Kier molecular flexibility index (Phi) is 5.82. The van der Waals surface area contributed by atoms with Gasteiger partial charge in [-0.1, -0.05) is 23.2 Å². The number of thioether (sulfide) groups is 1. The first-order valence-corrected chi connectivity index (χ1v) is 4.73. The molecular formula is C6H8Cl2O2S. The van der Waals surface area contributed by atoms with Gasteiger partial charge in [0, 0.05) is 16.3 Å². The van der Waals surface area contributed by atoms with Crippen LogP contribution in [0, 0.1) is 0 Å². The minimum absolute atomic E-state index is 0.443. The van der Waals surface area contributed by atoms with Crippen molar-refractivity contribution in [3.63, 3.8) is 0 Å². The molecule has 5 heteroatoms. The van der Waals surface area contributed by atoms with Crippen molar-refractivity contribution in [2.24, 2.45) is 0 Å². The van der Waals surface area contributed by atoms with Crippen LogP contribution in [0.25, 0.3) is 0 Å². The molecule has 0 aromatic heterocycles. The lowest BCUT2D eigenvalue weighted by Crippen LogP contribution is -2.11. The van der Waals surface area contributed by atoms with E-state index in [2.05, 4.69) is 0 Å². The number of halogens is 2. The lowest BCUT2D eigenvalue weighted by molar-refractivity contribution is -0.136. The Morgan fingerprint density at radius 1 is 1.82 bits per heavy atom. The van der Waals surface area contributed by atoms with E-state index in [9.17, 15) is 4.79 Å². The van der Waals surface area contributed by atoms with Crippen LogP contribution in [0.2, 0.25) is 0 Å². The Hall–Kier alpha value is 0.140. The zero-order chi connectivity index (χ0) is 8.85. The van der Waals surface area contributed by atoms with Crippen molar-refractivity contribution in [1.82, 2.24) is 0 Å². The minimum Gasteiger partial charge on any atom is -0.480 e. The van der Waals surface area contributed by atoms with Gasteiger partial charge in [-0.2, -0.15) is 0 Å². The van der Waals surface area contributed by atoms with Gasteiger partial charge in [0.25, 0.3) is 0 Å². The van der Waals surface area contributed by atoms with Crippen molar-refractivity contribution >= 4 is 40.9 Å². The molecule has 64 valence electrons. The highest BCUT2D eigenvalue weighted by atomic mass is 35.5. The number of hydrogen-bond donors (Lipinski definition) is 1. The van der Waals surface area contributed by atoms with Gasteiger partial charge < -0.3 is 5.11 Å². The van der Waals surface area contributed by atoms with Gasteiger partial charge in [-0.25, -0.2) is 0 Å². The summed E-state index contributed by atoms with van der Waals surface area (Å²) in [5.41, 5.74) is 1.24. The van der Waals surface area contributed by atoms with Gasteiger partial charge in [0.1, 0.15) is 0 Å². The monoisotopic (exact) mass is 214 g/mol. The third-order valence-electron chi connectivity index (χ3n) is 0.937. The predicted octanol–water partition coefficient (Wildman–Crippen LogP) is 2.51. The maximum absolute atomic E-state index is 10.3. The molecular weight excluding hydrogens is 207 g/mol. The largest absolute Gasteiger partial charge is 0.480 e. The van der Waals surface area contributed by atoms with Crippen molar-refractivity contribution < 1.29 is 9.90 Å². The van der Waals surface area contributed by atoms with Crippen molar-refractivity contribution in [3.05, 3.63) is 10.6 Å². The van der Waals surface area contributed by atoms with Crippen LogP contribution in [0.4, 0.5) is 0 Å². The molecule has 0 saturated carbocycles. The fourth-order valence-corrected chi connectivity index (χ4v) is 1.30. The van der Waals surface area contributed by atoms with Crippen LogP contribution in [0.1, 0.15) is 6.92 Å². The molecule has 0 spiro atoms. The van der Waals surface area contributed by atoms with E-state index in [1.54, 1.807) is 6.92 Å². The summed E-state index contributed by atoms with van der Waals surface area (Å²) in [5, 5.41) is 8.47. The second kappa shape index (κ2) is 5.75. The first-order chi connectivity index (χ1) is 5.07. The molecule has 0 aromatic carbocycles. The molecule has 0 heterocycles. The van der Waals surface area contributed by atoms with E-state index in [1.165, 1.54) is 17.3 Å². The molecule has 0 fully saturated rings. The van der Waals surface area contributed by atoms with Crippen LogP contribution in [0.15, 0.2) is 10.6 Å². The number of carboxylic acid groups (broad SMARTS) is 1. The van der Waals surface area contributed by atoms with Gasteiger partial charge in [-0.15, -0.1) is 11.8 Å². The normalized spacial score (nSPS) is 14.6. The molecule has 0 aliphatic rings. The van der Waals surface area contributed by atoms with Gasteiger partial charge in [-0.3, -0.25) is 4.79 Å². The van der Waals surface area contributed by atoms with Crippen LogP contribution in [-0.2, 0) is 4.79 Å². The van der Waals surface area contributed by atoms with Crippen LogP contribution >= 0.6 is 35.0 Å². The summed E-state index contributed by atoms with van der Waals surface area (Å²) >= 11 is 12.0. The number of carbonyl (C=O) groups is 1. The zero-order valence-electron chi connectivity index (χ0n) is 5.88. The van der Waals surface area contributed by atoms with Gasteiger partial charge in [-0.05, 0) is 6.92 Å². The Morgan fingerprint density at radius 2 is 2.36 bits per heavy atom. The SMILES string of the molecule is CC(SCC(Cl)=CCl)C(=O)O. The first-order valence-electron chi connectivity index (χ1n) is 2.87. The summed E-state index contributed by atoms with van der Waals surface area (Å²) in [6, 6.07) is 0. The van der Waals surface area contributed by atoms with E-state index < -0.39 is 11.2 Å². The topological polar surface area (TPSA) is 37.3 Å². The molecule has 0 saturated heterocycles. The molecule has 0 bridgehead atoms. The highest BCUT2D eigenvalue weighted by Crippen LogP contribution is 2.17. The van der Waals surface area contributed by atoms with Crippen molar-refractivity contribution in [3.8, 4) is 0 Å². The number of hydrogen-bond acceptors (Lipinski definition) is 2. The van der Waals surface area contributed by atoms with Crippen LogP contribution in [-0.4, -0.2) is 22.1 Å². The van der Waals surface area contributed by atoms with Gasteiger partial charge in [0.2, 0.25) is 0 Å². The van der Waals surface area contributed by atoms with Crippen LogP contribution in [0.3, 0.4) is 0 Å². The quantitative estimate of drug-likeness (QED) is 0.782. The number of carboxylic acids is 1. The van der Waals surface area contributed by atoms with Gasteiger partial charge in [0.05, 0.1) is 5.25 Å². The molecule has 0 amide bonds. The molecule has 1 unspecified atom stereocenters. The third kappa shape index (κ3) is 5.41. The first kappa shape index (κ1) is 11.1. The Morgan fingerprint density at radius 3 is 2.73 bits per heavy atom. The molecule has 1 N–H and O–H groups in total. The van der Waals surface area contributed by atoms with Crippen molar-refractivity contribution in [2.75, 3.05) is 5.75 Å². The highest BCUT2D eigenvalue weighted by molar-refractivity contribution is 8.00. The average molecular weight is 215 g/mol. The minimum atomic E-state index is -0.839. The van der Waals surface area contributed by atoms with Crippen LogP contribution in [0.5, 0.6) is 0 Å². The fourth-order valence-electron chi connectivity index (χ4n) is 0.307. The second-order valence-corrected chi connectivity index (χ2v) is 3.88. The van der Waals surface area contributed by atoms with Gasteiger partial charge in [0.15, 0.2) is 0 Å². The van der Waals surface area contributed by atoms with E-state index in [4.69, 9.17) is 28.3 Å². The second-order valence-electron chi connectivity index (χ2n) is 1.85. The Balaban J connectivity index is 3.62. The molecule has 11 heavy (non-hydrogen) atoms. The molecule has 0 aromatic rings. The van der Waals surface area contributed by atoms with Crippen molar-refractivity contribution in [2.45, 2.75) is 12.2 Å². The lowest BCUT2D eigenvalue weighted by atomic mass is 10.5. The summed E-state index contributed by atoms with van der Waals surface area (Å²) < 4.78 is 0. The van der Waals surface area contributed by atoms with Crippen LogP contribution < -0.4 is 0 Å². The molecule has 0 aliphatic carbocycles. The maximum atomic E-state index is 10.3. The Labute approximate surface area is 79.6 Å². The Bertz CT molecular complexity index is 170. The molecule has 0 rings (SSSR count). The van der Waals surface area contributed by atoms with E-state index in [0.717, 1.165) is 0 Å². The smallest absolute Gasteiger partial charge is 0.316 e. The predicted molar refractivity (Wildman–Crippen MR) is 49.3 cm³/mol. The summed E-state index contributed by atoms with van der Waals surface area (Å²) in [5.74, 6) is -0.396. The fraction of sp³-hybridized carbons (Fsp3) is 0.500. The number of aliphatic carboxylic acids is 1. The lowest BCUT2D eigenvalue weighted by Gasteiger charge is -2.03. The number of rotatable bonds is 4. The molecule has 2 nitrogen and oxygen atoms in total. The standard InChI is InChI=1S/C6H8Cl2O2S/c1-4(6(9)10)11-3-5(8)2-7/h2,4H,3H2,1H3,(H,9,10). The summed E-state index contributed by atoms with van der Waals surface area (Å²) in [7, 11) is 0. The van der Waals surface area contributed by atoms with E-state index in [1.807, 2.05) is 0 Å². The molecule has 0 radical (unpaired) electrons. The molecule has 1 atom stereocenters.